The summed E-state index contributed by atoms with van der Waals surface area (Å²) in [6.45, 7) is 9.66. The Morgan fingerprint density at radius 2 is 1.53 bits per heavy atom. The molecule has 4 heteroatoms. The van der Waals surface area contributed by atoms with Crippen LogP contribution in [-0.2, 0) is 0 Å². The molecule has 2 rings (SSSR count). The van der Waals surface area contributed by atoms with E-state index >= 15 is 0 Å². The van der Waals surface area contributed by atoms with Gasteiger partial charge in [0.15, 0.2) is 0 Å². The first-order valence-electron chi connectivity index (χ1n) is 6.25. The molecule has 88 valence electrons. The lowest BCUT2D eigenvalue weighted by molar-refractivity contribution is -0.0155. The molecule has 2 aliphatic heterocycles. The molecular weight excluding hydrogens is 188 g/mol. The summed E-state index contributed by atoms with van der Waals surface area (Å²) in [7, 11) is 2.23. The van der Waals surface area contributed by atoms with Crippen molar-refractivity contribution in [3.05, 3.63) is 0 Å². The van der Waals surface area contributed by atoms with Gasteiger partial charge in [-0.25, -0.2) is 10.0 Å². The van der Waals surface area contributed by atoms with Gasteiger partial charge >= 0.3 is 0 Å². The molecule has 4 nitrogen and oxygen atoms in total. The molecule has 0 aromatic rings. The molecule has 0 spiro atoms. The van der Waals surface area contributed by atoms with E-state index in [0.717, 1.165) is 6.54 Å². The monoisotopic (exact) mass is 212 g/mol. The van der Waals surface area contributed by atoms with E-state index in [1.54, 1.807) is 0 Å². The van der Waals surface area contributed by atoms with Crippen LogP contribution >= 0.6 is 0 Å². The minimum atomic E-state index is 1.15. The molecule has 2 aliphatic rings. The smallest absolute Gasteiger partial charge is 0.0261 e. The molecule has 2 heterocycles. The van der Waals surface area contributed by atoms with Gasteiger partial charge in [0.25, 0.3) is 0 Å². The van der Waals surface area contributed by atoms with Crippen LogP contribution in [0.15, 0.2) is 0 Å². The van der Waals surface area contributed by atoms with Crippen LogP contribution in [0.2, 0.25) is 0 Å². The number of hydrogen-bond acceptors (Lipinski definition) is 4. The van der Waals surface area contributed by atoms with Crippen molar-refractivity contribution in [2.24, 2.45) is 0 Å². The number of rotatable bonds is 1. The first kappa shape index (κ1) is 11.3. The van der Waals surface area contributed by atoms with Gasteiger partial charge < -0.3 is 10.2 Å². The maximum Gasteiger partial charge on any atom is 0.0261 e. The molecular formula is C11H24N4. The van der Waals surface area contributed by atoms with Crippen molar-refractivity contribution in [1.82, 2.24) is 20.2 Å². The summed E-state index contributed by atoms with van der Waals surface area (Å²) in [6, 6.07) is 0. The van der Waals surface area contributed by atoms with E-state index in [1.165, 1.54) is 58.7 Å². The Bertz CT molecular complexity index is 177. The molecule has 15 heavy (non-hydrogen) atoms. The second-order valence-corrected chi connectivity index (χ2v) is 4.67. The van der Waals surface area contributed by atoms with Crippen LogP contribution in [0.3, 0.4) is 0 Å². The van der Waals surface area contributed by atoms with Gasteiger partial charge in [-0.05, 0) is 33.0 Å². The van der Waals surface area contributed by atoms with Crippen molar-refractivity contribution in [2.75, 3.05) is 59.4 Å². The Labute approximate surface area is 93.2 Å². The van der Waals surface area contributed by atoms with Crippen LogP contribution in [0.25, 0.3) is 0 Å². The Morgan fingerprint density at radius 1 is 0.733 bits per heavy atom. The summed E-state index contributed by atoms with van der Waals surface area (Å²) in [4.78, 5) is 2.44. The number of hydrogen-bond donors (Lipinski definition) is 1. The average Bonchev–Trinajstić information content (AvgIpc) is 2.59. The Hall–Kier alpha value is -0.160. The van der Waals surface area contributed by atoms with Crippen LogP contribution in [0.5, 0.6) is 0 Å². The SMILES string of the molecule is CN1CCCN(N2CCCNCC2)CC1. The molecule has 0 unspecified atom stereocenters. The predicted molar refractivity (Wildman–Crippen MR) is 62.7 cm³/mol. The van der Waals surface area contributed by atoms with Gasteiger partial charge in [-0.2, -0.15) is 0 Å². The number of likely N-dealkylation sites (N-methyl/N-ethyl adjacent to an activating group) is 1. The second kappa shape index (κ2) is 5.80. The van der Waals surface area contributed by atoms with E-state index in [9.17, 15) is 0 Å². The van der Waals surface area contributed by atoms with E-state index in [4.69, 9.17) is 0 Å². The standard InChI is InChI=1S/C11H24N4/c1-13-6-3-8-15(11-10-13)14-7-2-4-12-5-9-14/h12H,2-11H2,1H3. The zero-order valence-corrected chi connectivity index (χ0v) is 9.91. The summed E-state index contributed by atoms with van der Waals surface area (Å²) >= 11 is 0. The third-order valence-electron chi connectivity index (χ3n) is 3.41. The third kappa shape index (κ3) is 3.41. The maximum absolute atomic E-state index is 3.46. The lowest BCUT2D eigenvalue weighted by atomic mass is 10.4. The van der Waals surface area contributed by atoms with Crippen LogP contribution in [0.1, 0.15) is 12.8 Å². The van der Waals surface area contributed by atoms with E-state index in [1.807, 2.05) is 0 Å². The van der Waals surface area contributed by atoms with Crippen LogP contribution in [0.4, 0.5) is 0 Å². The van der Waals surface area contributed by atoms with Gasteiger partial charge in [-0.1, -0.05) is 0 Å². The van der Waals surface area contributed by atoms with E-state index in [2.05, 4.69) is 27.3 Å². The van der Waals surface area contributed by atoms with E-state index in [0.29, 0.717) is 0 Å². The summed E-state index contributed by atoms with van der Waals surface area (Å²) in [5, 5.41) is 8.58. The molecule has 2 saturated heterocycles. The van der Waals surface area contributed by atoms with Gasteiger partial charge in [0.2, 0.25) is 0 Å². The van der Waals surface area contributed by atoms with Gasteiger partial charge in [0.05, 0.1) is 0 Å². The molecule has 0 atom stereocenters. The molecule has 0 amide bonds. The highest BCUT2D eigenvalue weighted by molar-refractivity contribution is 4.69. The first-order valence-corrected chi connectivity index (χ1v) is 6.25. The van der Waals surface area contributed by atoms with Crippen molar-refractivity contribution in [3.63, 3.8) is 0 Å². The number of nitrogens with zero attached hydrogens (tertiary/aromatic N) is 3. The van der Waals surface area contributed by atoms with Crippen LogP contribution < -0.4 is 5.32 Å². The molecule has 0 saturated carbocycles. The minimum Gasteiger partial charge on any atom is -0.315 e. The first-order chi connectivity index (χ1) is 7.36. The minimum absolute atomic E-state index is 1.15. The van der Waals surface area contributed by atoms with Crippen LogP contribution in [-0.4, -0.2) is 74.3 Å². The van der Waals surface area contributed by atoms with Crippen LogP contribution in [0, 0.1) is 0 Å². The fourth-order valence-corrected chi connectivity index (χ4v) is 2.43. The second-order valence-electron chi connectivity index (χ2n) is 4.67. The Balaban J connectivity index is 1.84. The van der Waals surface area contributed by atoms with Crippen molar-refractivity contribution in [2.45, 2.75) is 12.8 Å². The Morgan fingerprint density at radius 3 is 2.47 bits per heavy atom. The van der Waals surface area contributed by atoms with Gasteiger partial charge in [0, 0.05) is 39.3 Å². The summed E-state index contributed by atoms with van der Waals surface area (Å²) in [6.07, 6.45) is 2.59. The summed E-state index contributed by atoms with van der Waals surface area (Å²) in [5.74, 6) is 0. The lowest BCUT2D eigenvalue weighted by Gasteiger charge is -2.33. The van der Waals surface area contributed by atoms with Crippen molar-refractivity contribution in [1.29, 1.82) is 0 Å². The highest BCUT2D eigenvalue weighted by atomic mass is 15.6. The Kier molecular flexibility index (Phi) is 4.38. The number of hydrazine groups is 1. The largest absolute Gasteiger partial charge is 0.315 e. The van der Waals surface area contributed by atoms with Crippen molar-refractivity contribution >= 4 is 0 Å². The van der Waals surface area contributed by atoms with E-state index in [-0.39, 0.29) is 0 Å². The molecule has 0 aliphatic carbocycles. The lowest BCUT2D eigenvalue weighted by Crippen LogP contribution is -2.46. The number of nitrogens with one attached hydrogen (secondary N) is 1. The molecule has 0 radical (unpaired) electrons. The maximum atomic E-state index is 3.46. The third-order valence-corrected chi connectivity index (χ3v) is 3.41. The molecule has 0 bridgehead atoms. The quantitative estimate of drug-likeness (QED) is 0.651. The average molecular weight is 212 g/mol. The van der Waals surface area contributed by atoms with Crippen molar-refractivity contribution in [3.8, 4) is 0 Å². The van der Waals surface area contributed by atoms with Crippen molar-refractivity contribution < 1.29 is 0 Å². The normalized spacial score (nSPS) is 28.6. The highest BCUT2D eigenvalue weighted by Crippen LogP contribution is 2.07. The van der Waals surface area contributed by atoms with Gasteiger partial charge in [0.1, 0.15) is 0 Å². The van der Waals surface area contributed by atoms with E-state index < -0.39 is 0 Å². The fourth-order valence-electron chi connectivity index (χ4n) is 2.43. The van der Waals surface area contributed by atoms with Gasteiger partial charge in [-0.15, -0.1) is 0 Å². The highest BCUT2D eigenvalue weighted by Gasteiger charge is 2.19. The zero-order valence-electron chi connectivity index (χ0n) is 9.91. The molecule has 0 aromatic heterocycles. The molecule has 1 N–H and O–H groups in total. The molecule has 0 aromatic carbocycles. The molecule has 2 fully saturated rings. The summed E-state index contributed by atoms with van der Waals surface area (Å²) in [5.41, 5.74) is 0. The fraction of sp³-hybridized carbons (Fsp3) is 1.00. The summed E-state index contributed by atoms with van der Waals surface area (Å²) < 4.78 is 0. The topological polar surface area (TPSA) is 21.8 Å². The zero-order chi connectivity index (χ0) is 10.5. The predicted octanol–water partition coefficient (Wildman–Crippen LogP) is -0.166. The van der Waals surface area contributed by atoms with Gasteiger partial charge in [-0.3, -0.25) is 0 Å².